The van der Waals surface area contributed by atoms with Crippen LogP contribution < -0.4 is 5.32 Å². The van der Waals surface area contributed by atoms with Gasteiger partial charge in [0.2, 0.25) is 0 Å². The van der Waals surface area contributed by atoms with E-state index in [2.05, 4.69) is 10.2 Å². The Morgan fingerprint density at radius 3 is 2.76 bits per heavy atom. The van der Waals surface area contributed by atoms with Crippen LogP contribution in [0, 0.1) is 21.4 Å². The SMILES string of the molecule is CC(CN1CCCCC1)Nc1cccc(C#N)c1[N+](=O)[O-]. The standard InChI is InChI=1S/C15H20N4O2/c1-12(11-18-8-3-2-4-9-18)17-14-7-5-6-13(10-16)15(14)19(20)21/h5-7,12,17H,2-4,8-9,11H2,1H3. The molecule has 2 rings (SSSR count). The van der Waals surface area contributed by atoms with Gasteiger partial charge in [-0.1, -0.05) is 12.5 Å². The van der Waals surface area contributed by atoms with Crippen LogP contribution >= 0.6 is 0 Å². The highest BCUT2D eigenvalue weighted by molar-refractivity contribution is 5.68. The first kappa shape index (κ1) is 15.3. The fourth-order valence-corrected chi connectivity index (χ4v) is 2.79. The van der Waals surface area contributed by atoms with Gasteiger partial charge in [0.1, 0.15) is 17.3 Å². The number of nitrogens with one attached hydrogen (secondary N) is 1. The van der Waals surface area contributed by atoms with E-state index in [1.807, 2.05) is 13.0 Å². The number of nitro groups is 1. The first-order valence-electron chi connectivity index (χ1n) is 7.28. The zero-order valence-electron chi connectivity index (χ0n) is 12.2. The monoisotopic (exact) mass is 288 g/mol. The number of likely N-dealkylation sites (tertiary alicyclic amines) is 1. The Hall–Kier alpha value is -2.13. The summed E-state index contributed by atoms with van der Waals surface area (Å²) in [4.78, 5) is 13.1. The van der Waals surface area contributed by atoms with Gasteiger partial charge < -0.3 is 10.2 Å². The lowest BCUT2D eigenvalue weighted by Gasteiger charge is -2.29. The molecule has 1 saturated heterocycles. The summed E-state index contributed by atoms with van der Waals surface area (Å²) < 4.78 is 0. The zero-order chi connectivity index (χ0) is 15.2. The summed E-state index contributed by atoms with van der Waals surface area (Å²) in [5.41, 5.74) is 0.379. The second-order valence-electron chi connectivity index (χ2n) is 5.48. The molecule has 21 heavy (non-hydrogen) atoms. The van der Waals surface area contributed by atoms with Crippen LogP contribution in [0.1, 0.15) is 31.7 Å². The number of rotatable bonds is 5. The molecule has 1 atom stereocenters. The van der Waals surface area contributed by atoms with Gasteiger partial charge in [-0.3, -0.25) is 10.1 Å². The predicted octanol–water partition coefficient (Wildman–Crippen LogP) is 2.75. The van der Waals surface area contributed by atoms with E-state index in [0.29, 0.717) is 5.69 Å². The second-order valence-corrected chi connectivity index (χ2v) is 5.48. The van der Waals surface area contributed by atoms with Gasteiger partial charge in [0.05, 0.1) is 4.92 Å². The Bertz CT molecular complexity index is 547. The third-order valence-electron chi connectivity index (χ3n) is 3.72. The van der Waals surface area contributed by atoms with E-state index in [9.17, 15) is 10.1 Å². The van der Waals surface area contributed by atoms with Gasteiger partial charge in [-0.05, 0) is 45.0 Å². The number of benzene rings is 1. The highest BCUT2D eigenvalue weighted by Gasteiger charge is 2.21. The Balaban J connectivity index is 2.08. The molecular weight excluding hydrogens is 268 g/mol. The summed E-state index contributed by atoms with van der Waals surface area (Å²) in [6, 6.07) is 6.77. The molecule has 1 aromatic carbocycles. The molecule has 1 aliphatic heterocycles. The molecule has 0 amide bonds. The Morgan fingerprint density at radius 2 is 2.14 bits per heavy atom. The van der Waals surface area contributed by atoms with Crippen molar-refractivity contribution in [2.45, 2.75) is 32.2 Å². The topological polar surface area (TPSA) is 82.2 Å². The van der Waals surface area contributed by atoms with Crippen molar-refractivity contribution in [2.75, 3.05) is 25.0 Å². The number of nitro benzene ring substituents is 1. The van der Waals surface area contributed by atoms with Crippen LogP contribution in [0.15, 0.2) is 18.2 Å². The number of nitrogens with zero attached hydrogens (tertiary/aromatic N) is 3. The summed E-state index contributed by atoms with van der Waals surface area (Å²) in [7, 11) is 0. The number of piperidine rings is 1. The molecule has 1 unspecified atom stereocenters. The molecule has 112 valence electrons. The second kappa shape index (κ2) is 7.04. The molecule has 0 radical (unpaired) electrons. The molecule has 6 nitrogen and oxygen atoms in total. The lowest BCUT2D eigenvalue weighted by molar-refractivity contribution is -0.384. The van der Waals surface area contributed by atoms with Gasteiger partial charge in [0.25, 0.3) is 0 Å². The Morgan fingerprint density at radius 1 is 1.43 bits per heavy atom. The van der Waals surface area contributed by atoms with E-state index in [1.54, 1.807) is 12.1 Å². The molecule has 1 N–H and O–H groups in total. The quantitative estimate of drug-likeness (QED) is 0.665. The maximum absolute atomic E-state index is 11.2. The Labute approximate surface area is 124 Å². The van der Waals surface area contributed by atoms with Crippen LogP contribution in [0.2, 0.25) is 0 Å². The molecule has 0 aliphatic carbocycles. The summed E-state index contributed by atoms with van der Waals surface area (Å²) >= 11 is 0. The Kier molecular flexibility index (Phi) is 5.12. The lowest BCUT2D eigenvalue weighted by Crippen LogP contribution is -2.38. The average molecular weight is 288 g/mol. The van der Waals surface area contributed by atoms with Crippen LogP contribution in [0.3, 0.4) is 0 Å². The van der Waals surface area contributed by atoms with E-state index < -0.39 is 4.92 Å². The van der Waals surface area contributed by atoms with Gasteiger partial charge in [0, 0.05) is 12.6 Å². The van der Waals surface area contributed by atoms with Gasteiger partial charge in [-0.2, -0.15) is 5.26 Å². The van der Waals surface area contributed by atoms with Gasteiger partial charge in [-0.15, -0.1) is 0 Å². The first-order valence-corrected chi connectivity index (χ1v) is 7.28. The number of hydrogen-bond acceptors (Lipinski definition) is 5. The molecule has 0 aromatic heterocycles. The maximum Gasteiger partial charge on any atom is 0.309 e. The van der Waals surface area contributed by atoms with Crippen LogP contribution in [-0.2, 0) is 0 Å². The molecule has 0 saturated carbocycles. The van der Waals surface area contributed by atoms with E-state index in [-0.39, 0.29) is 17.3 Å². The lowest BCUT2D eigenvalue weighted by atomic mass is 10.1. The summed E-state index contributed by atoms with van der Waals surface area (Å²) in [6.07, 6.45) is 3.72. The number of nitriles is 1. The van der Waals surface area contributed by atoms with Gasteiger partial charge in [0.15, 0.2) is 0 Å². The van der Waals surface area contributed by atoms with Crippen molar-refractivity contribution in [1.82, 2.24) is 4.90 Å². The van der Waals surface area contributed by atoms with Crippen molar-refractivity contribution in [3.8, 4) is 6.07 Å². The van der Waals surface area contributed by atoms with Gasteiger partial charge >= 0.3 is 5.69 Å². The van der Waals surface area contributed by atoms with Crippen molar-refractivity contribution < 1.29 is 4.92 Å². The highest BCUT2D eigenvalue weighted by atomic mass is 16.6. The smallest absolute Gasteiger partial charge is 0.309 e. The third kappa shape index (κ3) is 3.92. The number of hydrogen-bond donors (Lipinski definition) is 1. The summed E-state index contributed by atoms with van der Waals surface area (Å²) in [5.74, 6) is 0. The van der Waals surface area contributed by atoms with Crippen LogP contribution in [0.5, 0.6) is 0 Å². The fourth-order valence-electron chi connectivity index (χ4n) is 2.79. The van der Waals surface area contributed by atoms with E-state index in [0.717, 1.165) is 19.6 Å². The fraction of sp³-hybridized carbons (Fsp3) is 0.533. The van der Waals surface area contributed by atoms with Gasteiger partial charge in [-0.25, -0.2) is 0 Å². The van der Waals surface area contributed by atoms with Crippen molar-refractivity contribution in [2.24, 2.45) is 0 Å². The molecule has 1 aliphatic rings. The van der Waals surface area contributed by atoms with Crippen LogP contribution in [0.25, 0.3) is 0 Å². The summed E-state index contributed by atoms with van der Waals surface area (Å²) in [5, 5.41) is 23.4. The largest absolute Gasteiger partial charge is 0.376 e. The molecule has 1 fully saturated rings. The minimum atomic E-state index is -0.492. The summed E-state index contributed by atoms with van der Waals surface area (Å²) in [6.45, 7) is 5.05. The molecule has 0 bridgehead atoms. The predicted molar refractivity (Wildman–Crippen MR) is 81.2 cm³/mol. The maximum atomic E-state index is 11.2. The molecule has 0 spiro atoms. The van der Waals surface area contributed by atoms with E-state index in [1.165, 1.54) is 25.3 Å². The van der Waals surface area contributed by atoms with E-state index in [4.69, 9.17) is 5.26 Å². The zero-order valence-corrected chi connectivity index (χ0v) is 12.2. The molecule has 1 heterocycles. The minimum absolute atomic E-state index is 0.0928. The highest BCUT2D eigenvalue weighted by Crippen LogP contribution is 2.28. The van der Waals surface area contributed by atoms with Crippen LogP contribution in [0.4, 0.5) is 11.4 Å². The minimum Gasteiger partial charge on any atom is -0.376 e. The normalized spacial score (nSPS) is 17.0. The third-order valence-corrected chi connectivity index (χ3v) is 3.72. The molecule has 6 heteroatoms. The van der Waals surface area contributed by atoms with Crippen molar-refractivity contribution in [1.29, 1.82) is 5.26 Å². The number of anilines is 1. The van der Waals surface area contributed by atoms with Crippen molar-refractivity contribution >= 4 is 11.4 Å². The average Bonchev–Trinajstić information content (AvgIpc) is 2.47. The van der Waals surface area contributed by atoms with Crippen molar-refractivity contribution in [3.63, 3.8) is 0 Å². The van der Waals surface area contributed by atoms with Crippen molar-refractivity contribution in [3.05, 3.63) is 33.9 Å². The number of para-hydroxylation sites is 1. The van der Waals surface area contributed by atoms with E-state index >= 15 is 0 Å². The molecular formula is C15H20N4O2. The first-order chi connectivity index (χ1) is 10.1. The molecule has 1 aromatic rings. The van der Waals surface area contributed by atoms with Crippen LogP contribution in [-0.4, -0.2) is 35.5 Å².